The molecule has 0 unspecified atom stereocenters. The fraction of sp³-hybridized carbons (Fsp3) is 0.211. The van der Waals surface area contributed by atoms with Gasteiger partial charge in [0.1, 0.15) is 0 Å². The molecular weight excluding hydrogens is 479 g/mol. The number of pyridine rings is 1. The summed E-state index contributed by atoms with van der Waals surface area (Å²) in [6, 6.07) is 0. The number of carbonyl (C=O) groups excluding carboxylic acids is 2. The SMILES string of the molecule is N=NN=C([NH2+]c1[nH+]ccs1)N1CCN(C(=O)C(=O)c2c[nH]c3c(-n4ccnn4)ncc(F)c23)CC1. The molecule has 1 saturated heterocycles. The number of rotatable bonds is 5. The number of hydrogen-bond donors (Lipinski definition) is 3. The van der Waals surface area contributed by atoms with E-state index in [-0.39, 0.29) is 35.4 Å². The number of aromatic nitrogens is 6. The van der Waals surface area contributed by atoms with Gasteiger partial charge in [-0.1, -0.05) is 10.3 Å². The molecule has 14 nitrogen and oxygen atoms in total. The van der Waals surface area contributed by atoms with Crippen LogP contribution in [0.25, 0.3) is 16.7 Å². The van der Waals surface area contributed by atoms with Gasteiger partial charge in [-0.3, -0.25) is 9.59 Å². The van der Waals surface area contributed by atoms with Crippen molar-refractivity contribution in [2.45, 2.75) is 0 Å². The summed E-state index contributed by atoms with van der Waals surface area (Å²) >= 11 is 1.47. The second-order valence-electron chi connectivity index (χ2n) is 7.47. The third-order valence-corrected chi connectivity index (χ3v) is 6.28. The van der Waals surface area contributed by atoms with Crippen molar-refractivity contribution < 1.29 is 24.3 Å². The van der Waals surface area contributed by atoms with Gasteiger partial charge in [-0.25, -0.2) is 14.1 Å². The van der Waals surface area contributed by atoms with E-state index in [1.165, 1.54) is 39.5 Å². The van der Waals surface area contributed by atoms with Crippen LogP contribution in [0.5, 0.6) is 0 Å². The first-order valence-electron chi connectivity index (χ1n) is 10.4. The van der Waals surface area contributed by atoms with Gasteiger partial charge in [0.25, 0.3) is 11.7 Å². The van der Waals surface area contributed by atoms with Crippen LogP contribution in [0.15, 0.2) is 46.7 Å². The van der Waals surface area contributed by atoms with Gasteiger partial charge in [-0.05, 0) is 16.6 Å². The highest BCUT2D eigenvalue weighted by molar-refractivity contribution is 7.12. The van der Waals surface area contributed by atoms with Gasteiger partial charge < -0.3 is 14.8 Å². The number of aromatic amines is 2. The van der Waals surface area contributed by atoms with E-state index in [0.29, 0.717) is 19.0 Å². The Bertz CT molecular complexity index is 1410. The van der Waals surface area contributed by atoms with Crippen LogP contribution in [0.3, 0.4) is 0 Å². The van der Waals surface area contributed by atoms with E-state index in [1.807, 2.05) is 10.3 Å². The van der Waals surface area contributed by atoms with Crippen LogP contribution < -0.4 is 10.3 Å². The monoisotopic (exact) mass is 498 g/mol. The molecule has 16 heteroatoms. The number of hydrogen-bond acceptors (Lipinski definition) is 8. The highest BCUT2D eigenvalue weighted by Crippen LogP contribution is 2.26. The number of halogens is 1. The van der Waals surface area contributed by atoms with Gasteiger partial charge in [-0.2, -0.15) is 15.8 Å². The first-order chi connectivity index (χ1) is 17.1. The number of ketones is 1. The topological polar surface area (TPSA) is 179 Å². The summed E-state index contributed by atoms with van der Waals surface area (Å²) in [5, 5.41) is 19.0. The molecule has 0 atom stereocenters. The Balaban J connectivity index is 1.32. The third-order valence-electron chi connectivity index (χ3n) is 5.51. The van der Waals surface area contributed by atoms with Crippen LogP contribution in [0.2, 0.25) is 0 Å². The number of guanidine groups is 1. The maximum Gasteiger partial charge on any atom is 0.432 e. The summed E-state index contributed by atoms with van der Waals surface area (Å²) in [5.74, 6) is -1.56. The highest BCUT2D eigenvalue weighted by Gasteiger charge is 2.32. The quantitative estimate of drug-likeness (QED) is 0.0847. The molecule has 178 valence electrons. The fourth-order valence-electron chi connectivity index (χ4n) is 3.85. The number of amides is 1. The predicted octanol–water partition coefficient (Wildman–Crippen LogP) is -0.318. The predicted molar refractivity (Wildman–Crippen MR) is 118 cm³/mol. The smallest absolute Gasteiger partial charge is 0.357 e. The lowest BCUT2D eigenvalue weighted by atomic mass is 10.1. The second-order valence-corrected chi connectivity index (χ2v) is 8.42. The average Bonchev–Trinajstić information content (AvgIpc) is 3.66. The van der Waals surface area contributed by atoms with Gasteiger partial charge in [0.2, 0.25) is 0 Å². The van der Waals surface area contributed by atoms with E-state index in [9.17, 15) is 14.0 Å². The van der Waals surface area contributed by atoms with Gasteiger partial charge in [0, 0.05) is 32.4 Å². The Kier molecular flexibility index (Phi) is 6.02. The van der Waals surface area contributed by atoms with Gasteiger partial charge in [0.05, 0.1) is 40.4 Å². The zero-order valence-corrected chi connectivity index (χ0v) is 18.9. The molecule has 0 saturated carbocycles. The normalized spacial score (nSPS) is 14.5. The number of piperazine rings is 1. The molecule has 0 bridgehead atoms. The number of carbonyl (C=O) groups is 2. The Morgan fingerprint density at radius 3 is 2.74 bits per heavy atom. The summed E-state index contributed by atoms with van der Waals surface area (Å²) in [4.78, 5) is 39.3. The standard InChI is InChI=1S/C19H17FN12O2S/c20-12-10-24-16(32-3-1-25-29-32)14-13(12)11(9-23-14)15(33)17(34)30-4-6-31(7-5-30)18(27-28-21)26-19-22-2-8-35-19/h1-3,8-10,23H,4-7H2,(H2,21,22,26,27)/p+2. The summed E-state index contributed by atoms with van der Waals surface area (Å²) in [7, 11) is 0. The van der Waals surface area contributed by atoms with Crippen molar-refractivity contribution in [2.75, 3.05) is 26.2 Å². The molecule has 35 heavy (non-hydrogen) atoms. The van der Waals surface area contributed by atoms with Gasteiger partial charge in [0.15, 0.2) is 17.8 Å². The van der Waals surface area contributed by atoms with Crippen molar-refractivity contribution in [1.82, 2.24) is 34.8 Å². The minimum Gasteiger partial charge on any atom is -0.357 e. The molecule has 1 aliphatic heterocycles. The van der Waals surface area contributed by atoms with E-state index in [4.69, 9.17) is 5.53 Å². The Hall–Kier alpha value is -4.44. The maximum absolute atomic E-state index is 14.7. The van der Waals surface area contributed by atoms with E-state index in [1.54, 1.807) is 11.5 Å². The van der Waals surface area contributed by atoms with Crippen molar-refractivity contribution in [1.29, 1.82) is 5.53 Å². The van der Waals surface area contributed by atoms with Crippen LogP contribution in [-0.2, 0) is 4.79 Å². The van der Waals surface area contributed by atoms with Crippen molar-refractivity contribution in [3.63, 3.8) is 0 Å². The number of H-pyrrole nitrogens is 2. The Morgan fingerprint density at radius 2 is 2.06 bits per heavy atom. The summed E-state index contributed by atoms with van der Waals surface area (Å²) in [5.41, 5.74) is 7.25. The first kappa shape index (κ1) is 22.4. The molecule has 0 aromatic carbocycles. The molecule has 1 aliphatic rings. The Labute approximate surface area is 200 Å². The van der Waals surface area contributed by atoms with Crippen molar-refractivity contribution in [2.24, 2.45) is 10.3 Å². The molecule has 0 aliphatic carbocycles. The van der Waals surface area contributed by atoms with E-state index in [2.05, 4.69) is 35.6 Å². The zero-order chi connectivity index (χ0) is 24.4. The lowest BCUT2D eigenvalue weighted by Crippen LogP contribution is -2.88. The second kappa shape index (κ2) is 9.43. The maximum atomic E-state index is 14.7. The fourth-order valence-corrected chi connectivity index (χ4v) is 4.44. The molecule has 5 heterocycles. The number of Topliss-reactive ketones (excluding diaryl/α,β-unsaturated/α-hetero) is 1. The van der Waals surface area contributed by atoms with E-state index >= 15 is 0 Å². The Morgan fingerprint density at radius 1 is 1.26 bits per heavy atom. The first-order valence-corrected chi connectivity index (χ1v) is 11.3. The average molecular weight is 499 g/mol. The molecule has 0 spiro atoms. The lowest BCUT2D eigenvalue weighted by molar-refractivity contribution is -0.562. The van der Waals surface area contributed by atoms with Crippen LogP contribution in [0.1, 0.15) is 10.4 Å². The minimum atomic E-state index is -0.825. The molecule has 0 radical (unpaired) electrons. The molecular formula is C19H19FN12O2S+2. The summed E-state index contributed by atoms with van der Waals surface area (Å²) in [6.45, 7) is 1.27. The van der Waals surface area contributed by atoms with Gasteiger partial charge in [-0.15, -0.1) is 5.10 Å². The molecule has 4 aromatic rings. The molecule has 4 aromatic heterocycles. The molecule has 5 N–H and O–H groups in total. The van der Waals surface area contributed by atoms with E-state index in [0.717, 1.165) is 11.3 Å². The highest BCUT2D eigenvalue weighted by atomic mass is 32.1. The number of nitrogens with one attached hydrogen (secondary N) is 3. The largest absolute Gasteiger partial charge is 0.432 e. The van der Waals surface area contributed by atoms with Crippen molar-refractivity contribution in [3.05, 3.63) is 47.7 Å². The number of quaternary nitrogens is 1. The van der Waals surface area contributed by atoms with Crippen LogP contribution in [0, 0.1) is 11.3 Å². The van der Waals surface area contributed by atoms with Crippen molar-refractivity contribution >= 4 is 45.0 Å². The zero-order valence-electron chi connectivity index (χ0n) is 18.1. The summed E-state index contributed by atoms with van der Waals surface area (Å²) < 4.78 is 16.0. The van der Waals surface area contributed by atoms with Gasteiger partial charge >= 0.3 is 11.1 Å². The minimum absolute atomic E-state index is 0.0317. The van der Waals surface area contributed by atoms with Crippen LogP contribution >= 0.6 is 11.3 Å². The molecule has 5 rings (SSSR count). The summed E-state index contributed by atoms with van der Waals surface area (Å²) in [6.07, 6.45) is 7.05. The number of thiazole rings is 1. The molecule has 1 amide bonds. The van der Waals surface area contributed by atoms with Crippen molar-refractivity contribution in [3.8, 4) is 5.82 Å². The number of nitrogens with two attached hydrogens (primary N) is 1. The third kappa shape index (κ3) is 4.26. The number of fused-ring (bicyclic) bond motifs is 1. The lowest BCUT2D eigenvalue weighted by Gasteiger charge is -2.33. The van der Waals surface area contributed by atoms with Crippen LogP contribution in [-0.4, -0.2) is 78.6 Å². The molecule has 1 fully saturated rings. The van der Waals surface area contributed by atoms with E-state index < -0.39 is 17.5 Å². The number of nitrogens with zero attached hydrogens (tertiary/aromatic N) is 8. The van der Waals surface area contributed by atoms with Crippen LogP contribution in [0.4, 0.5) is 9.52 Å².